The van der Waals surface area contributed by atoms with Crippen LogP contribution in [0.15, 0.2) is 43.0 Å². The Bertz CT molecular complexity index is 1080. The van der Waals surface area contributed by atoms with Crippen LogP contribution in [0.4, 0.5) is 11.6 Å². The van der Waals surface area contributed by atoms with Gasteiger partial charge in [0.1, 0.15) is 6.33 Å². The largest absolute Gasteiger partial charge is 0.355 e. The average Bonchev–Trinajstić information content (AvgIpc) is 2.76. The number of amides is 1. The standard InChI is InChI=1S/C22H24ClN7O/c1-2-30-12-16-7-18(23)9-19(8-16)28-22-27-14-26-21(29-22)17-6-15(10-24-11-17)4-3-5-25-20(31)13-30/h6-11,14H,2-5,12-13H2,1H3,(H,25,31)(H,26,27,28,29). The molecule has 3 heterocycles. The van der Waals surface area contributed by atoms with Crippen molar-refractivity contribution >= 4 is 29.1 Å². The quantitative estimate of drug-likeness (QED) is 0.603. The molecule has 2 N–H and O–H groups in total. The van der Waals surface area contributed by atoms with Crippen LogP contribution in [0.25, 0.3) is 11.4 Å². The fraction of sp³-hybridized carbons (Fsp3) is 0.318. The molecule has 1 aliphatic heterocycles. The summed E-state index contributed by atoms with van der Waals surface area (Å²) in [6, 6.07) is 7.73. The van der Waals surface area contributed by atoms with Crippen molar-refractivity contribution in [1.29, 1.82) is 0 Å². The maximum Gasteiger partial charge on any atom is 0.234 e. The Balaban J connectivity index is 1.69. The van der Waals surface area contributed by atoms with Gasteiger partial charge >= 0.3 is 0 Å². The summed E-state index contributed by atoms with van der Waals surface area (Å²) < 4.78 is 0. The monoisotopic (exact) mass is 437 g/mol. The predicted molar refractivity (Wildman–Crippen MR) is 120 cm³/mol. The highest BCUT2D eigenvalue weighted by molar-refractivity contribution is 6.30. The number of halogens is 1. The number of hydrogen-bond donors (Lipinski definition) is 2. The fourth-order valence-electron chi connectivity index (χ4n) is 3.50. The first-order valence-corrected chi connectivity index (χ1v) is 10.7. The van der Waals surface area contributed by atoms with Gasteiger partial charge in [0, 0.05) is 41.8 Å². The van der Waals surface area contributed by atoms with E-state index in [4.69, 9.17) is 11.6 Å². The van der Waals surface area contributed by atoms with Crippen LogP contribution < -0.4 is 10.6 Å². The first-order valence-electron chi connectivity index (χ1n) is 10.3. The third-order valence-corrected chi connectivity index (χ3v) is 5.24. The molecule has 31 heavy (non-hydrogen) atoms. The number of nitrogens with one attached hydrogen (secondary N) is 2. The van der Waals surface area contributed by atoms with Gasteiger partial charge in [-0.3, -0.25) is 14.7 Å². The van der Waals surface area contributed by atoms with E-state index >= 15 is 0 Å². The number of rotatable bonds is 1. The van der Waals surface area contributed by atoms with Crippen molar-refractivity contribution in [2.24, 2.45) is 0 Å². The number of anilines is 2. The van der Waals surface area contributed by atoms with Gasteiger partial charge in [-0.15, -0.1) is 0 Å². The summed E-state index contributed by atoms with van der Waals surface area (Å²) in [5, 5.41) is 6.82. The van der Waals surface area contributed by atoms with E-state index < -0.39 is 0 Å². The highest BCUT2D eigenvalue weighted by atomic mass is 35.5. The Hall–Kier alpha value is -3.10. The maximum absolute atomic E-state index is 12.4. The first-order chi connectivity index (χ1) is 15.1. The van der Waals surface area contributed by atoms with Crippen LogP contribution in [0, 0.1) is 0 Å². The van der Waals surface area contributed by atoms with Crippen molar-refractivity contribution in [3.63, 3.8) is 0 Å². The lowest BCUT2D eigenvalue weighted by atomic mass is 10.1. The molecular formula is C22H24ClN7O. The summed E-state index contributed by atoms with van der Waals surface area (Å²) in [6.45, 7) is 4.34. The summed E-state index contributed by atoms with van der Waals surface area (Å²) >= 11 is 6.35. The van der Waals surface area contributed by atoms with Crippen LogP contribution in [0.2, 0.25) is 5.02 Å². The topological polar surface area (TPSA) is 95.9 Å². The van der Waals surface area contributed by atoms with Crippen LogP contribution >= 0.6 is 11.6 Å². The normalized spacial score (nSPS) is 15.4. The average molecular weight is 438 g/mol. The van der Waals surface area contributed by atoms with Gasteiger partial charge in [-0.05, 0) is 54.8 Å². The molecule has 6 bridgehead atoms. The molecule has 160 valence electrons. The third kappa shape index (κ3) is 5.74. The molecule has 0 atom stereocenters. The van der Waals surface area contributed by atoms with Gasteiger partial charge in [-0.25, -0.2) is 9.97 Å². The fourth-order valence-corrected chi connectivity index (χ4v) is 3.76. The Morgan fingerprint density at radius 3 is 2.87 bits per heavy atom. The molecule has 1 aromatic carbocycles. The van der Waals surface area contributed by atoms with Gasteiger partial charge in [-0.2, -0.15) is 4.98 Å². The van der Waals surface area contributed by atoms with E-state index in [1.807, 2.05) is 37.4 Å². The zero-order valence-corrected chi connectivity index (χ0v) is 18.1. The minimum atomic E-state index is 0.0165. The molecule has 1 amide bonds. The molecule has 9 heteroatoms. The predicted octanol–water partition coefficient (Wildman–Crippen LogP) is 3.21. The van der Waals surface area contributed by atoms with E-state index in [1.165, 1.54) is 6.33 Å². The van der Waals surface area contributed by atoms with Gasteiger partial charge in [0.15, 0.2) is 5.82 Å². The molecule has 3 aromatic rings. The van der Waals surface area contributed by atoms with Crippen molar-refractivity contribution < 1.29 is 4.79 Å². The summed E-state index contributed by atoms with van der Waals surface area (Å²) in [5.41, 5.74) is 3.65. The molecular weight excluding hydrogens is 414 g/mol. The van der Waals surface area contributed by atoms with E-state index in [9.17, 15) is 4.79 Å². The molecule has 0 aliphatic carbocycles. The smallest absolute Gasteiger partial charge is 0.234 e. The number of pyridine rings is 1. The summed E-state index contributed by atoms with van der Waals surface area (Å²) in [6.07, 6.45) is 6.67. The summed E-state index contributed by atoms with van der Waals surface area (Å²) in [4.78, 5) is 31.9. The third-order valence-electron chi connectivity index (χ3n) is 5.02. The number of nitrogens with zero attached hydrogens (tertiary/aromatic N) is 5. The molecule has 1 aliphatic rings. The second-order valence-electron chi connectivity index (χ2n) is 7.44. The lowest BCUT2D eigenvalue weighted by Crippen LogP contribution is -2.37. The number of carbonyl (C=O) groups is 1. The molecule has 0 saturated carbocycles. The van der Waals surface area contributed by atoms with Gasteiger partial charge in [0.2, 0.25) is 11.9 Å². The van der Waals surface area contributed by atoms with Gasteiger partial charge in [0.25, 0.3) is 0 Å². The summed E-state index contributed by atoms with van der Waals surface area (Å²) in [7, 11) is 0. The molecule has 0 unspecified atom stereocenters. The maximum atomic E-state index is 12.4. The molecule has 0 spiro atoms. The lowest BCUT2D eigenvalue weighted by Gasteiger charge is -2.20. The van der Waals surface area contributed by atoms with Gasteiger partial charge in [-0.1, -0.05) is 18.5 Å². The second kappa shape index (κ2) is 9.80. The van der Waals surface area contributed by atoms with Crippen LogP contribution in [0.5, 0.6) is 0 Å². The molecule has 0 saturated heterocycles. The van der Waals surface area contributed by atoms with E-state index in [0.29, 0.717) is 36.4 Å². The van der Waals surface area contributed by atoms with Crippen LogP contribution in [0.1, 0.15) is 24.5 Å². The Morgan fingerprint density at radius 2 is 2.00 bits per heavy atom. The SMILES string of the molecule is CCN1CC(=O)NCCCc2cncc(c2)-c2ncnc(n2)Nc2cc(Cl)cc(c2)C1. The van der Waals surface area contributed by atoms with Gasteiger partial charge in [0.05, 0.1) is 6.54 Å². The Morgan fingerprint density at radius 1 is 1.10 bits per heavy atom. The van der Waals surface area contributed by atoms with E-state index in [0.717, 1.165) is 41.8 Å². The minimum absolute atomic E-state index is 0.0165. The van der Waals surface area contributed by atoms with Crippen molar-refractivity contribution in [2.75, 3.05) is 25.0 Å². The molecule has 8 nitrogen and oxygen atoms in total. The molecule has 0 radical (unpaired) electrons. The van der Waals surface area contributed by atoms with Crippen molar-refractivity contribution in [1.82, 2.24) is 30.2 Å². The number of fused-ring (bicyclic) bond motifs is 7. The Kier molecular flexibility index (Phi) is 6.69. The summed E-state index contributed by atoms with van der Waals surface area (Å²) in [5.74, 6) is 0.986. The van der Waals surface area contributed by atoms with Crippen LogP contribution in [-0.4, -0.2) is 50.4 Å². The zero-order valence-electron chi connectivity index (χ0n) is 17.3. The van der Waals surface area contributed by atoms with Crippen molar-refractivity contribution in [3.05, 3.63) is 59.1 Å². The van der Waals surface area contributed by atoms with Crippen LogP contribution in [0.3, 0.4) is 0 Å². The molecule has 2 aromatic heterocycles. The number of hydrogen-bond acceptors (Lipinski definition) is 7. The highest BCUT2D eigenvalue weighted by Gasteiger charge is 2.12. The zero-order chi connectivity index (χ0) is 21.6. The number of carbonyl (C=O) groups excluding carboxylic acids is 1. The van der Waals surface area contributed by atoms with Crippen molar-refractivity contribution in [3.8, 4) is 11.4 Å². The van der Waals surface area contributed by atoms with Crippen LogP contribution in [-0.2, 0) is 17.8 Å². The number of aryl methyl sites for hydroxylation is 1. The number of aromatic nitrogens is 4. The number of likely N-dealkylation sites (N-methyl/N-ethyl adjacent to an activating group) is 1. The van der Waals surface area contributed by atoms with E-state index in [-0.39, 0.29) is 5.91 Å². The second-order valence-corrected chi connectivity index (χ2v) is 7.88. The van der Waals surface area contributed by atoms with Gasteiger partial charge < -0.3 is 10.6 Å². The number of benzene rings is 1. The lowest BCUT2D eigenvalue weighted by molar-refractivity contribution is -0.122. The Labute approximate surface area is 186 Å². The van der Waals surface area contributed by atoms with E-state index in [2.05, 4.69) is 35.5 Å². The minimum Gasteiger partial charge on any atom is -0.355 e. The van der Waals surface area contributed by atoms with Crippen molar-refractivity contribution in [2.45, 2.75) is 26.3 Å². The highest BCUT2D eigenvalue weighted by Crippen LogP contribution is 2.23. The first kappa shape index (κ1) is 21.1. The van der Waals surface area contributed by atoms with E-state index in [1.54, 1.807) is 6.20 Å². The molecule has 4 rings (SSSR count). The molecule has 0 fully saturated rings.